The van der Waals surface area contributed by atoms with Crippen molar-refractivity contribution in [3.63, 3.8) is 0 Å². The van der Waals surface area contributed by atoms with Crippen molar-refractivity contribution in [3.8, 4) is 5.75 Å². The first-order valence-corrected chi connectivity index (χ1v) is 8.26. The van der Waals surface area contributed by atoms with Crippen LogP contribution in [0, 0.1) is 24.7 Å². The van der Waals surface area contributed by atoms with Crippen molar-refractivity contribution in [2.24, 2.45) is 17.8 Å². The van der Waals surface area contributed by atoms with Crippen LogP contribution in [0.25, 0.3) is 0 Å². The largest absolute Gasteiger partial charge is 0.482 e. The number of rotatable bonds is 6. The van der Waals surface area contributed by atoms with Gasteiger partial charge in [0.2, 0.25) is 5.91 Å². The van der Waals surface area contributed by atoms with E-state index in [9.17, 15) is 9.59 Å². The van der Waals surface area contributed by atoms with E-state index in [0.717, 1.165) is 23.1 Å². The Kier molecular flexibility index (Phi) is 4.55. The summed E-state index contributed by atoms with van der Waals surface area (Å²) in [6, 6.07) is 5.20. The summed E-state index contributed by atoms with van der Waals surface area (Å²) >= 11 is 0. The topological polar surface area (TPSA) is 75.6 Å². The third-order valence-corrected chi connectivity index (χ3v) is 5.17. The van der Waals surface area contributed by atoms with Gasteiger partial charge in [-0.15, -0.1) is 0 Å². The number of anilines is 1. The number of carboxylic acid groups (broad SMARTS) is 1. The highest BCUT2D eigenvalue weighted by molar-refractivity contribution is 5.91. The summed E-state index contributed by atoms with van der Waals surface area (Å²) in [5.74, 6) is 1.71. The normalized spacial score (nSPS) is 25.3. The number of aryl methyl sites for hydroxylation is 1. The molecule has 0 saturated heterocycles. The monoisotopic (exact) mass is 317 g/mol. The molecule has 2 aliphatic rings. The van der Waals surface area contributed by atoms with E-state index < -0.39 is 5.97 Å². The van der Waals surface area contributed by atoms with Crippen molar-refractivity contribution in [1.82, 2.24) is 0 Å². The maximum Gasteiger partial charge on any atom is 0.341 e. The van der Waals surface area contributed by atoms with Crippen molar-refractivity contribution in [2.45, 2.75) is 39.0 Å². The maximum atomic E-state index is 12.3. The summed E-state index contributed by atoms with van der Waals surface area (Å²) in [7, 11) is 0. The van der Waals surface area contributed by atoms with E-state index in [1.165, 1.54) is 25.7 Å². The lowest BCUT2D eigenvalue weighted by Crippen LogP contribution is -2.20. The second-order valence-corrected chi connectivity index (χ2v) is 6.85. The smallest absolute Gasteiger partial charge is 0.341 e. The second-order valence-electron chi connectivity index (χ2n) is 6.85. The molecule has 1 aromatic carbocycles. The summed E-state index contributed by atoms with van der Waals surface area (Å²) in [5, 5.41) is 11.6. The van der Waals surface area contributed by atoms with E-state index in [0.29, 0.717) is 18.1 Å². The molecule has 0 radical (unpaired) electrons. The van der Waals surface area contributed by atoms with Gasteiger partial charge in [0, 0.05) is 12.1 Å². The van der Waals surface area contributed by atoms with Gasteiger partial charge in [-0.3, -0.25) is 4.79 Å². The first-order chi connectivity index (χ1) is 11.0. The van der Waals surface area contributed by atoms with Crippen LogP contribution in [0.2, 0.25) is 0 Å². The molecule has 1 amide bonds. The molecule has 0 heterocycles. The fraction of sp³-hybridized carbons (Fsp3) is 0.556. The number of fused-ring (bicyclic) bond motifs is 2. The molecule has 2 aliphatic carbocycles. The van der Waals surface area contributed by atoms with E-state index in [1.807, 2.05) is 6.92 Å². The molecule has 5 heteroatoms. The predicted octanol–water partition coefficient (Wildman–Crippen LogP) is 3.22. The van der Waals surface area contributed by atoms with Crippen molar-refractivity contribution in [1.29, 1.82) is 0 Å². The van der Waals surface area contributed by atoms with Gasteiger partial charge in [-0.25, -0.2) is 4.79 Å². The van der Waals surface area contributed by atoms with Crippen LogP contribution < -0.4 is 10.1 Å². The number of hydrogen-bond donors (Lipinski definition) is 2. The molecule has 0 spiro atoms. The summed E-state index contributed by atoms with van der Waals surface area (Å²) in [5.41, 5.74) is 1.63. The Bertz CT molecular complexity index is 613. The van der Waals surface area contributed by atoms with Gasteiger partial charge in [0.25, 0.3) is 0 Å². The first kappa shape index (κ1) is 15.8. The number of carbonyl (C=O) groups is 2. The van der Waals surface area contributed by atoms with Gasteiger partial charge in [-0.2, -0.15) is 0 Å². The molecule has 23 heavy (non-hydrogen) atoms. The molecular formula is C18H23NO4. The number of aliphatic carboxylic acids is 1. The van der Waals surface area contributed by atoms with E-state index >= 15 is 0 Å². The van der Waals surface area contributed by atoms with Crippen molar-refractivity contribution in [2.75, 3.05) is 11.9 Å². The number of hydrogen-bond acceptors (Lipinski definition) is 3. The van der Waals surface area contributed by atoms with Crippen LogP contribution in [0.5, 0.6) is 5.75 Å². The molecule has 124 valence electrons. The maximum absolute atomic E-state index is 12.3. The molecule has 3 rings (SSSR count). The van der Waals surface area contributed by atoms with Crippen LogP contribution in [-0.2, 0) is 9.59 Å². The quantitative estimate of drug-likeness (QED) is 0.844. The van der Waals surface area contributed by atoms with E-state index in [4.69, 9.17) is 9.84 Å². The highest BCUT2D eigenvalue weighted by atomic mass is 16.5. The molecule has 5 nitrogen and oxygen atoms in total. The highest BCUT2D eigenvalue weighted by Gasteiger charge is 2.40. The molecule has 2 fully saturated rings. The number of carboxylic acids is 1. The Morgan fingerprint density at radius 2 is 2.13 bits per heavy atom. The van der Waals surface area contributed by atoms with E-state index in [2.05, 4.69) is 5.32 Å². The summed E-state index contributed by atoms with van der Waals surface area (Å²) in [6.07, 6.45) is 5.76. The van der Waals surface area contributed by atoms with Crippen LogP contribution in [0.4, 0.5) is 5.69 Å². The third kappa shape index (κ3) is 3.84. The minimum atomic E-state index is -1.01. The van der Waals surface area contributed by atoms with Crippen LogP contribution in [0.15, 0.2) is 18.2 Å². The lowest BCUT2D eigenvalue weighted by atomic mass is 9.86. The summed E-state index contributed by atoms with van der Waals surface area (Å²) in [4.78, 5) is 22.8. The molecule has 0 aromatic heterocycles. The number of amides is 1. The average Bonchev–Trinajstić information content (AvgIpc) is 3.10. The molecule has 1 aromatic rings. The fourth-order valence-electron chi connectivity index (χ4n) is 4.08. The standard InChI is InChI=1S/C18H23NO4/c1-11-6-15(23-10-18(21)22)4-5-16(11)19-17(20)9-14-8-12-2-3-13(14)7-12/h4-6,12-14H,2-3,7-10H2,1H3,(H,19,20)(H,21,22). The van der Waals surface area contributed by atoms with Crippen molar-refractivity contribution < 1.29 is 19.4 Å². The van der Waals surface area contributed by atoms with Crippen LogP contribution in [-0.4, -0.2) is 23.6 Å². The Hall–Kier alpha value is -2.04. The average molecular weight is 317 g/mol. The lowest BCUT2D eigenvalue weighted by molar-refractivity contribution is -0.139. The third-order valence-electron chi connectivity index (χ3n) is 5.17. The predicted molar refractivity (Wildman–Crippen MR) is 86.5 cm³/mol. The second kappa shape index (κ2) is 6.60. The molecule has 3 atom stereocenters. The van der Waals surface area contributed by atoms with E-state index in [1.54, 1.807) is 18.2 Å². The van der Waals surface area contributed by atoms with Gasteiger partial charge in [0.05, 0.1) is 0 Å². The van der Waals surface area contributed by atoms with Gasteiger partial charge >= 0.3 is 5.97 Å². The molecule has 2 saturated carbocycles. The Labute approximate surface area is 136 Å². The van der Waals surface area contributed by atoms with Crippen LogP contribution >= 0.6 is 0 Å². The van der Waals surface area contributed by atoms with E-state index in [-0.39, 0.29) is 12.5 Å². The van der Waals surface area contributed by atoms with Gasteiger partial charge in [-0.1, -0.05) is 6.42 Å². The number of ether oxygens (including phenoxy) is 1. The lowest BCUT2D eigenvalue weighted by Gasteiger charge is -2.21. The molecule has 2 N–H and O–H groups in total. The summed E-state index contributed by atoms with van der Waals surface area (Å²) in [6.45, 7) is 1.51. The van der Waals surface area contributed by atoms with Gasteiger partial charge < -0.3 is 15.2 Å². The molecular weight excluding hydrogens is 294 g/mol. The summed E-state index contributed by atoms with van der Waals surface area (Å²) < 4.78 is 5.14. The van der Waals surface area contributed by atoms with Gasteiger partial charge in [0.15, 0.2) is 6.61 Å². The fourth-order valence-corrected chi connectivity index (χ4v) is 4.08. The van der Waals surface area contributed by atoms with Crippen LogP contribution in [0.1, 0.15) is 37.7 Å². The Morgan fingerprint density at radius 1 is 1.30 bits per heavy atom. The minimum absolute atomic E-state index is 0.0739. The van der Waals surface area contributed by atoms with Crippen molar-refractivity contribution >= 4 is 17.6 Å². The number of nitrogens with one attached hydrogen (secondary N) is 1. The Morgan fingerprint density at radius 3 is 2.74 bits per heavy atom. The minimum Gasteiger partial charge on any atom is -0.482 e. The molecule has 3 unspecified atom stereocenters. The highest BCUT2D eigenvalue weighted by Crippen LogP contribution is 2.49. The molecule has 0 aliphatic heterocycles. The van der Waals surface area contributed by atoms with Gasteiger partial charge in [-0.05, 0) is 67.7 Å². The van der Waals surface area contributed by atoms with Gasteiger partial charge in [0.1, 0.15) is 5.75 Å². The number of carbonyl (C=O) groups excluding carboxylic acids is 1. The zero-order valence-electron chi connectivity index (χ0n) is 13.4. The Balaban J connectivity index is 1.54. The van der Waals surface area contributed by atoms with Crippen molar-refractivity contribution in [3.05, 3.63) is 23.8 Å². The SMILES string of the molecule is Cc1cc(OCC(=O)O)ccc1NC(=O)CC1CC2CCC1C2. The van der Waals surface area contributed by atoms with Crippen LogP contribution in [0.3, 0.4) is 0 Å². The first-order valence-electron chi connectivity index (χ1n) is 8.26. The zero-order chi connectivity index (χ0) is 16.4. The zero-order valence-corrected chi connectivity index (χ0v) is 13.4. The molecule has 2 bridgehead atoms. The number of benzene rings is 1.